The van der Waals surface area contributed by atoms with Crippen molar-refractivity contribution >= 4 is 44.9 Å². The number of fused-ring (bicyclic) bond motifs is 3. The van der Waals surface area contributed by atoms with E-state index in [-0.39, 0.29) is 5.60 Å². The molecule has 0 bridgehead atoms. The largest absolute Gasteiger partial charge is 0.481 e. The van der Waals surface area contributed by atoms with E-state index in [4.69, 9.17) is 4.74 Å². The second-order valence-electron chi connectivity index (χ2n) is 7.05. The van der Waals surface area contributed by atoms with Crippen LogP contribution in [0.4, 0.5) is 0 Å². The highest BCUT2D eigenvalue weighted by atomic mass is 79.9. The van der Waals surface area contributed by atoms with E-state index in [1.54, 1.807) is 11.3 Å². The summed E-state index contributed by atoms with van der Waals surface area (Å²) in [6.45, 7) is 8.97. The average Bonchev–Trinajstić information content (AvgIpc) is 3.00. The molecule has 3 heterocycles. The summed E-state index contributed by atoms with van der Waals surface area (Å²) in [5.41, 5.74) is 0.984. The van der Waals surface area contributed by atoms with Gasteiger partial charge in [-0.15, -0.1) is 22.7 Å². The van der Waals surface area contributed by atoms with Crippen LogP contribution in [0.3, 0.4) is 0 Å². The molecule has 2 aromatic heterocycles. The second-order valence-corrected chi connectivity index (χ2v) is 10.6. The number of hydrogen-bond donors (Lipinski definition) is 0. The van der Waals surface area contributed by atoms with Crippen LogP contribution < -0.4 is 4.74 Å². The third-order valence-electron chi connectivity index (χ3n) is 4.01. The maximum absolute atomic E-state index is 11.2. The van der Waals surface area contributed by atoms with Crippen molar-refractivity contribution in [2.24, 2.45) is 11.8 Å². The van der Waals surface area contributed by atoms with Gasteiger partial charge in [0.05, 0.1) is 18.4 Å². The molecule has 1 aliphatic heterocycles. The van der Waals surface area contributed by atoms with E-state index in [9.17, 15) is 4.79 Å². The molecule has 0 atom stereocenters. The molecule has 0 aliphatic carbocycles. The molecule has 23 heavy (non-hydrogen) atoms. The number of rotatable bonds is 5. The Labute approximate surface area is 154 Å². The Morgan fingerprint density at radius 3 is 2.35 bits per heavy atom. The quantitative estimate of drug-likeness (QED) is 0.508. The van der Waals surface area contributed by atoms with Crippen LogP contribution in [0, 0.1) is 11.8 Å². The monoisotopic (exact) mass is 412 g/mol. The van der Waals surface area contributed by atoms with Crippen LogP contribution in [0.25, 0.3) is 9.75 Å². The first-order chi connectivity index (χ1) is 10.8. The molecule has 1 aliphatic rings. The molecular formula is C18H21BrO2S2. The van der Waals surface area contributed by atoms with E-state index in [0.717, 1.165) is 38.4 Å². The molecule has 0 N–H and O–H groups in total. The summed E-state index contributed by atoms with van der Waals surface area (Å²) in [6.07, 6.45) is 2.88. The van der Waals surface area contributed by atoms with Crippen LogP contribution in [0.2, 0.25) is 0 Å². The lowest BCUT2D eigenvalue weighted by molar-refractivity contribution is 0.0208. The van der Waals surface area contributed by atoms with Gasteiger partial charge in [0.2, 0.25) is 0 Å². The Balaban J connectivity index is 2.19. The molecule has 5 heteroatoms. The van der Waals surface area contributed by atoms with Gasteiger partial charge < -0.3 is 4.74 Å². The number of thiophene rings is 2. The Kier molecular flexibility index (Phi) is 4.73. The fraction of sp³-hybridized carbons (Fsp3) is 0.500. The lowest BCUT2D eigenvalue weighted by atomic mass is 9.78. The van der Waals surface area contributed by atoms with Gasteiger partial charge >= 0.3 is 0 Å². The van der Waals surface area contributed by atoms with Crippen LogP contribution in [0.1, 0.15) is 55.8 Å². The van der Waals surface area contributed by atoms with Gasteiger partial charge in [-0.3, -0.25) is 4.79 Å². The van der Waals surface area contributed by atoms with E-state index in [1.165, 1.54) is 21.8 Å². The SMILES string of the molecule is CC(C)CC1(CC(C)C)Oc2cc(C=O)sc2-c2sc(Br)cc21. The van der Waals surface area contributed by atoms with Crippen molar-refractivity contribution in [2.45, 2.75) is 46.1 Å². The molecule has 0 unspecified atom stereocenters. The van der Waals surface area contributed by atoms with Crippen LogP contribution in [-0.2, 0) is 5.60 Å². The fourth-order valence-corrected chi connectivity index (χ4v) is 6.26. The number of hydrogen-bond acceptors (Lipinski definition) is 4. The summed E-state index contributed by atoms with van der Waals surface area (Å²) in [7, 11) is 0. The Morgan fingerprint density at radius 2 is 1.78 bits per heavy atom. The van der Waals surface area contributed by atoms with Crippen molar-refractivity contribution in [3.63, 3.8) is 0 Å². The Hall–Kier alpha value is -0.650. The van der Waals surface area contributed by atoms with E-state index in [0.29, 0.717) is 11.8 Å². The molecule has 0 aromatic carbocycles. The summed E-state index contributed by atoms with van der Waals surface area (Å²) in [4.78, 5) is 14.3. The summed E-state index contributed by atoms with van der Waals surface area (Å²) in [5, 5.41) is 0. The van der Waals surface area contributed by atoms with E-state index in [2.05, 4.69) is 49.7 Å². The first-order valence-corrected chi connectivity index (χ1v) is 10.4. The van der Waals surface area contributed by atoms with Gasteiger partial charge in [-0.1, -0.05) is 27.7 Å². The third-order valence-corrected chi connectivity index (χ3v) is 6.86. The normalized spacial score (nSPS) is 15.4. The zero-order valence-corrected chi connectivity index (χ0v) is 17.0. The van der Waals surface area contributed by atoms with Crippen LogP contribution in [0.5, 0.6) is 5.75 Å². The van der Waals surface area contributed by atoms with Gasteiger partial charge in [-0.05, 0) is 46.7 Å². The molecular weight excluding hydrogens is 392 g/mol. The number of carbonyl (C=O) groups is 1. The van der Waals surface area contributed by atoms with Crippen molar-refractivity contribution in [2.75, 3.05) is 0 Å². The smallest absolute Gasteiger partial charge is 0.160 e. The number of ether oxygens (including phenoxy) is 1. The molecule has 0 amide bonds. The molecule has 2 aromatic rings. The topological polar surface area (TPSA) is 26.3 Å². The number of carbonyl (C=O) groups excluding carboxylic acids is 1. The highest BCUT2D eigenvalue weighted by Gasteiger charge is 2.44. The van der Waals surface area contributed by atoms with Crippen molar-refractivity contribution in [1.29, 1.82) is 0 Å². The first kappa shape index (κ1) is 17.2. The maximum atomic E-state index is 11.2. The minimum absolute atomic E-state index is 0.297. The summed E-state index contributed by atoms with van der Waals surface area (Å²) in [6, 6.07) is 4.12. The van der Waals surface area contributed by atoms with Gasteiger partial charge in [-0.2, -0.15) is 0 Å². The van der Waals surface area contributed by atoms with Crippen molar-refractivity contribution in [1.82, 2.24) is 0 Å². The van der Waals surface area contributed by atoms with Crippen molar-refractivity contribution in [3.8, 4) is 15.5 Å². The van der Waals surface area contributed by atoms with Gasteiger partial charge in [0.15, 0.2) is 6.29 Å². The molecule has 3 rings (SSSR count). The van der Waals surface area contributed by atoms with Crippen LogP contribution in [-0.4, -0.2) is 6.29 Å². The molecule has 124 valence electrons. The predicted octanol–water partition coefficient (Wildman–Crippen LogP) is 6.73. The molecule has 0 saturated carbocycles. The fourth-order valence-electron chi connectivity index (χ4n) is 3.52. The molecule has 0 saturated heterocycles. The average molecular weight is 413 g/mol. The Morgan fingerprint density at radius 1 is 1.13 bits per heavy atom. The number of aldehydes is 1. The zero-order valence-electron chi connectivity index (χ0n) is 13.8. The van der Waals surface area contributed by atoms with Crippen molar-refractivity contribution in [3.05, 3.63) is 26.4 Å². The molecule has 2 nitrogen and oxygen atoms in total. The maximum Gasteiger partial charge on any atom is 0.160 e. The lowest BCUT2D eigenvalue weighted by Crippen LogP contribution is -2.38. The standard InChI is InChI=1S/C18H21BrO2S2/c1-10(2)7-18(8-11(3)4)13-6-15(19)23-16(13)17-14(21-18)5-12(9-20)22-17/h5-6,9-11H,7-8H2,1-4H3. The van der Waals surface area contributed by atoms with Gasteiger partial charge in [0, 0.05) is 11.6 Å². The minimum atomic E-state index is -0.297. The third kappa shape index (κ3) is 3.15. The zero-order chi connectivity index (χ0) is 16.8. The molecule has 0 radical (unpaired) electrons. The van der Waals surface area contributed by atoms with E-state index in [1.807, 2.05) is 6.07 Å². The molecule has 0 fully saturated rings. The van der Waals surface area contributed by atoms with Crippen LogP contribution >= 0.6 is 38.6 Å². The highest BCUT2D eigenvalue weighted by molar-refractivity contribution is 9.11. The predicted molar refractivity (Wildman–Crippen MR) is 102 cm³/mol. The second kappa shape index (κ2) is 6.34. The highest BCUT2D eigenvalue weighted by Crippen LogP contribution is 2.56. The summed E-state index contributed by atoms with van der Waals surface area (Å²) < 4.78 is 7.72. The van der Waals surface area contributed by atoms with E-state index < -0.39 is 0 Å². The van der Waals surface area contributed by atoms with Gasteiger partial charge in [-0.25, -0.2) is 0 Å². The van der Waals surface area contributed by atoms with Gasteiger partial charge in [0.1, 0.15) is 11.4 Å². The Bertz CT molecular complexity index is 717. The lowest BCUT2D eigenvalue weighted by Gasteiger charge is -2.40. The number of halogens is 1. The summed E-state index contributed by atoms with van der Waals surface area (Å²) >= 11 is 6.92. The minimum Gasteiger partial charge on any atom is -0.481 e. The molecule has 0 spiro atoms. The van der Waals surface area contributed by atoms with Crippen molar-refractivity contribution < 1.29 is 9.53 Å². The van der Waals surface area contributed by atoms with E-state index >= 15 is 0 Å². The van der Waals surface area contributed by atoms with Gasteiger partial charge in [0.25, 0.3) is 0 Å². The summed E-state index contributed by atoms with van der Waals surface area (Å²) in [5.74, 6) is 1.94. The van der Waals surface area contributed by atoms with Crippen LogP contribution in [0.15, 0.2) is 15.9 Å². The first-order valence-electron chi connectivity index (χ1n) is 7.93.